The quantitative estimate of drug-likeness (QED) is 0.904. The number of aryl methyl sites for hydroxylation is 1. The van der Waals surface area contributed by atoms with Gasteiger partial charge in [-0.05, 0) is 25.3 Å². The molecule has 0 amide bonds. The van der Waals surface area contributed by atoms with Gasteiger partial charge < -0.3 is 10.5 Å². The van der Waals surface area contributed by atoms with Crippen LogP contribution >= 0.6 is 11.6 Å². The van der Waals surface area contributed by atoms with Gasteiger partial charge in [-0.25, -0.2) is 0 Å². The van der Waals surface area contributed by atoms with Gasteiger partial charge in [0.05, 0.1) is 12.1 Å². The molecule has 0 saturated heterocycles. The van der Waals surface area contributed by atoms with Crippen LogP contribution in [-0.2, 0) is 5.41 Å². The first-order valence-electron chi connectivity index (χ1n) is 6.68. The summed E-state index contributed by atoms with van der Waals surface area (Å²) in [4.78, 5) is 0. The van der Waals surface area contributed by atoms with Crippen molar-refractivity contribution in [2.75, 3.05) is 13.7 Å². The van der Waals surface area contributed by atoms with Gasteiger partial charge in [-0.1, -0.05) is 43.0 Å². The van der Waals surface area contributed by atoms with Crippen LogP contribution in [0.2, 0.25) is 5.02 Å². The second-order valence-electron chi connectivity index (χ2n) is 5.32. The molecule has 100 valence electrons. The third-order valence-corrected chi connectivity index (χ3v) is 4.74. The molecule has 0 unspecified atom stereocenters. The normalized spacial score (nSPS) is 18.7. The van der Waals surface area contributed by atoms with Gasteiger partial charge in [-0.2, -0.15) is 0 Å². The zero-order chi connectivity index (χ0) is 13.2. The van der Waals surface area contributed by atoms with Crippen LogP contribution in [0.1, 0.15) is 43.2 Å². The highest BCUT2D eigenvalue weighted by Gasteiger charge is 2.35. The van der Waals surface area contributed by atoms with E-state index in [9.17, 15) is 0 Å². The zero-order valence-electron chi connectivity index (χ0n) is 11.3. The predicted octanol–water partition coefficient (Wildman–Crippen LogP) is 3.82. The molecule has 0 atom stereocenters. The van der Waals surface area contributed by atoms with E-state index in [1.54, 1.807) is 7.11 Å². The number of hydrogen-bond acceptors (Lipinski definition) is 2. The molecule has 1 aliphatic carbocycles. The average Bonchev–Trinajstić information content (AvgIpc) is 2.42. The maximum absolute atomic E-state index is 6.37. The van der Waals surface area contributed by atoms with Gasteiger partial charge in [-0.15, -0.1) is 0 Å². The fraction of sp³-hybridized carbons (Fsp3) is 0.600. The molecule has 1 aliphatic rings. The van der Waals surface area contributed by atoms with Crippen LogP contribution in [0.5, 0.6) is 5.75 Å². The predicted molar refractivity (Wildman–Crippen MR) is 76.6 cm³/mol. The monoisotopic (exact) mass is 267 g/mol. The van der Waals surface area contributed by atoms with Crippen molar-refractivity contribution in [2.45, 2.75) is 44.4 Å². The highest BCUT2D eigenvalue weighted by molar-refractivity contribution is 6.33. The summed E-state index contributed by atoms with van der Waals surface area (Å²) in [5.41, 5.74) is 8.39. The SMILES string of the molecule is COc1c(C2(CN)CCCCC2)ccc(C)c1Cl. The Kier molecular flexibility index (Phi) is 4.18. The van der Waals surface area contributed by atoms with E-state index in [0.29, 0.717) is 6.54 Å². The Labute approximate surface area is 114 Å². The summed E-state index contributed by atoms with van der Waals surface area (Å²) in [6, 6.07) is 4.23. The summed E-state index contributed by atoms with van der Waals surface area (Å²) in [6.07, 6.45) is 6.07. The maximum Gasteiger partial charge on any atom is 0.141 e. The minimum absolute atomic E-state index is 0.0565. The first-order valence-corrected chi connectivity index (χ1v) is 7.06. The van der Waals surface area contributed by atoms with Crippen molar-refractivity contribution in [3.05, 3.63) is 28.3 Å². The fourth-order valence-electron chi connectivity index (χ4n) is 3.08. The van der Waals surface area contributed by atoms with Gasteiger partial charge in [0.2, 0.25) is 0 Å². The van der Waals surface area contributed by atoms with Gasteiger partial charge >= 0.3 is 0 Å². The molecule has 18 heavy (non-hydrogen) atoms. The number of rotatable bonds is 3. The Bertz CT molecular complexity index is 425. The van der Waals surface area contributed by atoms with Crippen molar-refractivity contribution < 1.29 is 4.74 Å². The van der Waals surface area contributed by atoms with Gasteiger partial charge in [-0.3, -0.25) is 0 Å². The summed E-state index contributed by atoms with van der Waals surface area (Å²) in [6.45, 7) is 2.67. The van der Waals surface area contributed by atoms with E-state index < -0.39 is 0 Å². The molecule has 1 aromatic carbocycles. The third-order valence-electron chi connectivity index (χ3n) is 4.27. The second-order valence-corrected chi connectivity index (χ2v) is 5.70. The van der Waals surface area contributed by atoms with Crippen molar-refractivity contribution in [2.24, 2.45) is 5.73 Å². The Balaban J connectivity index is 2.51. The number of halogens is 1. The highest BCUT2D eigenvalue weighted by Crippen LogP contribution is 2.45. The van der Waals surface area contributed by atoms with Crippen LogP contribution < -0.4 is 10.5 Å². The molecule has 0 bridgehead atoms. The Morgan fingerprint density at radius 1 is 1.28 bits per heavy atom. The number of nitrogens with two attached hydrogens (primary N) is 1. The van der Waals surface area contributed by atoms with Crippen molar-refractivity contribution in [3.8, 4) is 5.75 Å². The smallest absolute Gasteiger partial charge is 0.141 e. The summed E-state index contributed by atoms with van der Waals surface area (Å²) >= 11 is 6.37. The molecule has 0 aromatic heterocycles. The standard InChI is InChI=1S/C15H22ClNO/c1-11-6-7-12(14(18-2)13(11)16)15(10-17)8-4-3-5-9-15/h6-7H,3-5,8-10,17H2,1-2H3. The molecular formula is C15H22ClNO. The van der Waals surface area contributed by atoms with E-state index in [1.165, 1.54) is 24.8 Å². The first-order chi connectivity index (χ1) is 8.64. The molecular weight excluding hydrogens is 246 g/mol. The Morgan fingerprint density at radius 2 is 1.94 bits per heavy atom. The van der Waals surface area contributed by atoms with E-state index in [0.717, 1.165) is 29.2 Å². The van der Waals surface area contributed by atoms with Crippen molar-refractivity contribution in [1.82, 2.24) is 0 Å². The zero-order valence-corrected chi connectivity index (χ0v) is 12.0. The van der Waals surface area contributed by atoms with E-state index in [-0.39, 0.29) is 5.41 Å². The highest BCUT2D eigenvalue weighted by atomic mass is 35.5. The van der Waals surface area contributed by atoms with E-state index in [4.69, 9.17) is 22.1 Å². The largest absolute Gasteiger partial charge is 0.495 e. The van der Waals surface area contributed by atoms with Crippen molar-refractivity contribution in [3.63, 3.8) is 0 Å². The second kappa shape index (κ2) is 5.50. The average molecular weight is 268 g/mol. The molecule has 0 spiro atoms. The molecule has 0 heterocycles. The molecule has 2 N–H and O–H groups in total. The van der Waals surface area contributed by atoms with Crippen molar-refractivity contribution in [1.29, 1.82) is 0 Å². The lowest BCUT2D eigenvalue weighted by Gasteiger charge is -2.38. The topological polar surface area (TPSA) is 35.2 Å². The summed E-state index contributed by atoms with van der Waals surface area (Å²) < 4.78 is 5.55. The lowest BCUT2D eigenvalue weighted by atomic mass is 9.69. The van der Waals surface area contributed by atoms with E-state index >= 15 is 0 Å². The van der Waals surface area contributed by atoms with Crippen LogP contribution in [0.3, 0.4) is 0 Å². The van der Waals surface area contributed by atoms with E-state index in [1.807, 2.05) is 6.92 Å². The first kappa shape index (κ1) is 13.7. The number of benzene rings is 1. The molecule has 3 heteroatoms. The van der Waals surface area contributed by atoms with Crippen LogP contribution in [0, 0.1) is 6.92 Å². The van der Waals surface area contributed by atoms with E-state index in [2.05, 4.69) is 12.1 Å². The van der Waals surface area contributed by atoms with Crippen molar-refractivity contribution >= 4 is 11.6 Å². The van der Waals surface area contributed by atoms with Gasteiger partial charge in [0, 0.05) is 17.5 Å². The minimum atomic E-state index is 0.0565. The summed E-state index contributed by atoms with van der Waals surface area (Å²) in [5.74, 6) is 0.823. The summed E-state index contributed by atoms with van der Waals surface area (Å²) in [5, 5.41) is 0.730. The Morgan fingerprint density at radius 3 is 2.50 bits per heavy atom. The van der Waals surface area contributed by atoms with Crippen LogP contribution in [0.4, 0.5) is 0 Å². The number of ether oxygens (including phenoxy) is 1. The molecule has 0 aliphatic heterocycles. The van der Waals surface area contributed by atoms with Gasteiger partial charge in [0.25, 0.3) is 0 Å². The fourth-order valence-corrected chi connectivity index (χ4v) is 3.33. The molecule has 2 rings (SSSR count). The maximum atomic E-state index is 6.37. The van der Waals surface area contributed by atoms with Gasteiger partial charge in [0.15, 0.2) is 0 Å². The van der Waals surface area contributed by atoms with Crippen LogP contribution in [0.15, 0.2) is 12.1 Å². The molecule has 1 fully saturated rings. The van der Waals surface area contributed by atoms with Gasteiger partial charge in [0.1, 0.15) is 5.75 Å². The molecule has 2 nitrogen and oxygen atoms in total. The summed E-state index contributed by atoms with van der Waals surface area (Å²) in [7, 11) is 1.69. The molecule has 0 radical (unpaired) electrons. The Hall–Kier alpha value is -0.730. The molecule has 1 aromatic rings. The molecule has 1 saturated carbocycles. The minimum Gasteiger partial charge on any atom is -0.495 e. The third kappa shape index (κ3) is 2.24. The number of methoxy groups -OCH3 is 1. The lowest BCUT2D eigenvalue weighted by Crippen LogP contribution is -2.37. The van der Waals surface area contributed by atoms with Crippen LogP contribution in [0.25, 0.3) is 0 Å². The lowest BCUT2D eigenvalue weighted by molar-refractivity contribution is 0.288. The number of hydrogen-bond donors (Lipinski definition) is 1. The van der Waals surface area contributed by atoms with Crippen LogP contribution in [-0.4, -0.2) is 13.7 Å².